The van der Waals surface area contributed by atoms with E-state index in [0.29, 0.717) is 0 Å². The zero-order chi connectivity index (χ0) is 19.1. The molecule has 0 radical (unpaired) electrons. The Morgan fingerprint density at radius 1 is 0.933 bits per heavy atom. The summed E-state index contributed by atoms with van der Waals surface area (Å²) >= 11 is -3.01. The van der Waals surface area contributed by atoms with E-state index in [1.807, 2.05) is 0 Å². The first-order valence-corrected chi connectivity index (χ1v) is 16.7. The van der Waals surface area contributed by atoms with Crippen molar-refractivity contribution >= 4 is 32.3 Å². The SMILES string of the molecule is Cl.Cl.[CH2]=[Zr]([C]1=CC=CC1)([c]1cccc2c1Cc1ccccc1-2)[CH](C)C1CCCCC1. The minimum absolute atomic E-state index is 0. The van der Waals surface area contributed by atoms with Crippen LogP contribution in [0.5, 0.6) is 0 Å². The molecule has 0 aliphatic heterocycles. The van der Waals surface area contributed by atoms with Crippen LogP contribution in [0, 0.1) is 5.92 Å². The first kappa shape index (κ1) is 23.9. The van der Waals surface area contributed by atoms with Gasteiger partial charge in [0, 0.05) is 0 Å². The van der Waals surface area contributed by atoms with Crippen LogP contribution in [0.1, 0.15) is 56.6 Å². The normalized spacial score (nSPS) is 20.2. The van der Waals surface area contributed by atoms with Crippen molar-refractivity contribution in [2.45, 2.75) is 55.5 Å². The predicted molar refractivity (Wildman–Crippen MR) is 134 cm³/mol. The number of fused-ring (bicyclic) bond motifs is 3. The van der Waals surface area contributed by atoms with Crippen molar-refractivity contribution in [2.24, 2.45) is 5.92 Å². The average molecular weight is 520 g/mol. The van der Waals surface area contributed by atoms with E-state index in [0.717, 1.165) is 22.4 Å². The summed E-state index contributed by atoms with van der Waals surface area (Å²) in [5.41, 5.74) is 6.06. The molecular formula is C27H33Cl2Zr. The molecule has 1 saturated carbocycles. The van der Waals surface area contributed by atoms with E-state index < -0.39 is 19.8 Å². The summed E-state index contributed by atoms with van der Waals surface area (Å²) in [6.07, 6.45) is 16.5. The van der Waals surface area contributed by atoms with Crippen LogP contribution in [-0.4, -0.2) is 4.21 Å². The van der Waals surface area contributed by atoms with Crippen LogP contribution in [0.4, 0.5) is 0 Å². The third-order valence-corrected chi connectivity index (χ3v) is 20.0. The number of rotatable bonds is 4. The average Bonchev–Trinajstić information content (AvgIpc) is 3.41. The van der Waals surface area contributed by atoms with E-state index >= 15 is 0 Å². The van der Waals surface area contributed by atoms with Crippen molar-refractivity contribution in [1.82, 2.24) is 0 Å². The fourth-order valence-corrected chi connectivity index (χ4v) is 17.4. The van der Waals surface area contributed by atoms with Gasteiger partial charge >= 0.3 is 175 Å². The zero-order valence-electron chi connectivity index (χ0n) is 17.9. The Labute approximate surface area is 198 Å². The Kier molecular flexibility index (Phi) is 7.82. The topological polar surface area (TPSA) is 0 Å². The fourth-order valence-electron chi connectivity index (χ4n) is 6.10. The molecule has 0 amide bonds. The summed E-state index contributed by atoms with van der Waals surface area (Å²) in [5, 5.41) is 0. The molecule has 2 unspecified atom stereocenters. The molecule has 30 heavy (non-hydrogen) atoms. The summed E-state index contributed by atoms with van der Waals surface area (Å²) in [5.74, 6) is 0.878. The molecule has 0 nitrogen and oxygen atoms in total. The van der Waals surface area contributed by atoms with E-state index in [9.17, 15) is 0 Å². The molecule has 3 aliphatic rings. The fraction of sp³-hybridized carbons (Fsp3) is 0.370. The molecule has 2 aromatic carbocycles. The van der Waals surface area contributed by atoms with Gasteiger partial charge in [-0.25, -0.2) is 0 Å². The number of halogens is 2. The van der Waals surface area contributed by atoms with Gasteiger partial charge in [-0.05, 0) is 0 Å². The van der Waals surface area contributed by atoms with Gasteiger partial charge < -0.3 is 0 Å². The van der Waals surface area contributed by atoms with Crippen molar-refractivity contribution in [3.8, 4) is 11.1 Å². The first-order chi connectivity index (χ1) is 13.7. The van der Waals surface area contributed by atoms with Gasteiger partial charge in [0.15, 0.2) is 0 Å². The van der Waals surface area contributed by atoms with Crippen molar-refractivity contribution in [2.75, 3.05) is 0 Å². The Morgan fingerprint density at radius 3 is 2.40 bits per heavy atom. The second-order valence-electron chi connectivity index (χ2n) is 9.15. The van der Waals surface area contributed by atoms with Gasteiger partial charge in [-0.1, -0.05) is 0 Å². The molecule has 159 valence electrons. The Bertz CT molecular complexity index is 1010. The van der Waals surface area contributed by atoms with E-state index in [4.69, 9.17) is 4.21 Å². The van der Waals surface area contributed by atoms with Gasteiger partial charge in [0.05, 0.1) is 0 Å². The van der Waals surface area contributed by atoms with E-state index in [1.165, 1.54) is 48.8 Å². The molecule has 0 N–H and O–H groups in total. The first-order valence-electron chi connectivity index (χ1n) is 11.1. The second-order valence-corrected chi connectivity index (χ2v) is 19.1. The van der Waals surface area contributed by atoms with Crippen LogP contribution in [0.3, 0.4) is 0 Å². The molecule has 2 aromatic rings. The molecule has 5 rings (SSSR count). The van der Waals surface area contributed by atoms with Crippen LogP contribution < -0.4 is 3.27 Å². The Balaban J connectivity index is 0.00000128. The van der Waals surface area contributed by atoms with Gasteiger partial charge in [-0.2, -0.15) is 0 Å². The molecule has 3 aliphatic carbocycles. The van der Waals surface area contributed by atoms with Crippen molar-refractivity contribution in [1.29, 1.82) is 0 Å². The molecule has 1 fully saturated rings. The van der Waals surface area contributed by atoms with Gasteiger partial charge in [0.25, 0.3) is 0 Å². The third-order valence-electron chi connectivity index (χ3n) is 7.81. The van der Waals surface area contributed by atoms with Crippen LogP contribution in [-0.2, 0) is 26.2 Å². The Hall–Kier alpha value is -0.747. The zero-order valence-corrected chi connectivity index (χ0v) is 22.0. The van der Waals surface area contributed by atoms with E-state index in [1.54, 1.807) is 12.1 Å². The second kappa shape index (κ2) is 9.81. The third kappa shape index (κ3) is 3.92. The number of benzene rings is 2. The van der Waals surface area contributed by atoms with Crippen LogP contribution in [0.2, 0.25) is 3.63 Å². The number of allylic oxidation sites excluding steroid dienone is 4. The van der Waals surface area contributed by atoms with Gasteiger partial charge in [-0.3, -0.25) is 0 Å². The monoisotopic (exact) mass is 517 g/mol. The van der Waals surface area contributed by atoms with Crippen molar-refractivity contribution in [3.63, 3.8) is 0 Å². The predicted octanol–water partition coefficient (Wildman–Crippen LogP) is 7.55. The molecule has 0 saturated heterocycles. The van der Waals surface area contributed by atoms with Crippen LogP contribution in [0.25, 0.3) is 11.1 Å². The van der Waals surface area contributed by atoms with Gasteiger partial charge in [0.1, 0.15) is 0 Å². The Morgan fingerprint density at radius 2 is 1.67 bits per heavy atom. The molecule has 0 bridgehead atoms. The molecule has 3 heteroatoms. The molecule has 0 aromatic heterocycles. The number of hydrogen-bond donors (Lipinski definition) is 0. The molecule has 0 heterocycles. The summed E-state index contributed by atoms with van der Waals surface area (Å²) < 4.78 is 9.42. The standard InChI is InChI=1S/C13H9.C8H15.C5H5.CH2.2ClH.Zr/c1-3-7-12-10(5-1)9-11-6-2-4-8-13(11)12;1-2-8-6-4-3-5-7-8;1-2-4-5-3-1;;;;/h1-5,7-8H,9H2;2,8H,3-7H2,1H3;1-3H,4H2;1H2;2*1H;. The van der Waals surface area contributed by atoms with Crippen LogP contribution in [0.15, 0.2) is 64.0 Å². The number of hydrogen-bond acceptors (Lipinski definition) is 0. The van der Waals surface area contributed by atoms with Gasteiger partial charge in [-0.15, -0.1) is 24.8 Å². The summed E-state index contributed by atoms with van der Waals surface area (Å²) in [6, 6.07) is 16.2. The maximum absolute atomic E-state index is 5.24. The molecular weight excluding hydrogens is 486 g/mol. The molecule has 2 atom stereocenters. The van der Waals surface area contributed by atoms with Crippen LogP contribution >= 0.6 is 24.8 Å². The maximum atomic E-state index is 5.24. The van der Waals surface area contributed by atoms with Crippen molar-refractivity contribution < 1.29 is 19.8 Å². The summed E-state index contributed by atoms with van der Waals surface area (Å²) in [7, 11) is 0. The van der Waals surface area contributed by atoms with E-state index in [2.05, 4.69) is 67.6 Å². The minimum atomic E-state index is -3.01. The summed E-state index contributed by atoms with van der Waals surface area (Å²) in [4.78, 5) is 0. The quantitative estimate of drug-likeness (QED) is 0.334. The summed E-state index contributed by atoms with van der Waals surface area (Å²) in [6.45, 7) is 2.58. The van der Waals surface area contributed by atoms with E-state index in [-0.39, 0.29) is 24.8 Å². The van der Waals surface area contributed by atoms with Gasteiger partial charge in [0.2, 0.25) is 0 Å². The van der Waals surface area contributed by atoms with Crippen molar-refractivity contribution in [3.05, 3.63) is 75.1 Å². The molecule has 0 spiro atoms.